The minimum atomic E-state index is -0.136. The molecule has 5 heteroatoms. The predicted molar refractivity (Wildman–Crippen MR) is 93.4 cm³/mol. The first-order valence-electron chi connectivity index (χ1n) is 9.02. The van der Waals surface area contributed by atoms with Crippen LogP contribution in [0.5, 0.6) is 11.5 Å². The molecule has 0 spiro atoms. The highest BCUT2D eigenvalue weighted by Gasteiger charge is 2.27. The number of amides is 1. The standard InChI is InChI=1S/C19H28N2O3/c1-14(19(22)20-16-8-3-4-9-16)21-11-6-12-24-18-15(13-21)7-5-10-17(18)23-2/h5,7,10,14,16H,3-4,6,8-9,11-13H2,1-2H3,(H,20,22)/t14-/m1/s1. The summed E-state index contributed by atoms with van der Waals surface area (Å²) in [5.41, 5.74) is 1.08. The molecule has 0 aromatic heterocycles. The molecule has 1 N–H and O–H groups in total. The Balaban J connectivity index is 1.71. The van der Waals surface area contributed by atoms with Gasteiger partial charge < -0.3 is 14.8 Å². The number of fused-ring (bicyclic) bond motifs is 1. The molecule has 1 amide bonds. The Bertz CT molecular complexity index is 570. The molecule has 5 nitrogen and oxygen atoms in total. The zero-order chi connectivity index (χ0) is 16.9. The summed E-state index contributed by atoms with van der Waals surface area (Å²) >= 11 is 0. The normalized spacial score (nSPS) is 20.4. The second kappa shape index (κ2) is 7.88. The molecule has 132 valence electrons. The molecule has 1 fully saturated rings. The number of hydrogen-bond acceptors (Lipinski definition) is 4. The number of methoxy groups -OCH3 is 1. The molecule has 1 aromatic rings. The van der Waals surface area contributed by atoms with Crippen molar-refractivity contribution in [3.05, 3.63) is 23.8 Å². The van der Waals surface area contributed by atoms with E-state index >= 15 is 0 Å². The molecule has 1 aromatic carbocycles. The predicted octanol–water partition coefficient (Wildman–Crippen LogP) is 2.73. The van der Waals surface area contributed by atoms with Crippen LogP contribution in [-0.2, 0) is 11.3 Å². The molecule has 1 saturated carbocycles. The molecule has 3 rings (SSSR count). The van der Waals surface area contributed by atoms with Crippen LogP contribution in [-0.4, -0.2) is 43.2 Å². The van der Waals surface area contributed by atoms with Crippen molar-refractivity contribution in [2.45, 2.75) is 57.7 Å². The molecular formula is C19H28N2O3. The van der Waals surface area contributed by atoms with Gasteiger partial charge in [-0.05, 0) is 32.3 Å². The fourth-order valence-corrected chi connectivity index (χ4v) is 3.64. The number of carbonyl (C=O) groups is 1. The Labute approximate surface area is 144 Å². The van der Waals surface area contributed by atoms with E-state index in [0.29, 0.717) is 19.2 Å². The average Bonchev–Trinajstić information content (AvgIpc) is 3.07. The van der Waals surface area contributed by atoms with Gasteiger partial charge >= 0.3 is 0 Å². The summed E-state index contributed by atoms with van der Waals surface area (Å²) in [7, 11) is 1.66. The first kappa shape index (κ1) is 17.1. The smallest absolute Gasteiger partial charge is 0.237 e. The number of benzene rings is 1. The molecule has 0 bridgehead atoms. The summed E-state index contributed by atoms with van der Waals surface area (Å²) in [5.74, 6) is 1.72. The fraction of sp³-hybridized carbons (Fsp3) is 0.632. The van der Waals surface area contributed by atoms with Crippen molar-refractivity contribution in [2.24, 2.45) is 0 Å². The van der Waals surface area contributed by atoms with Crippen molar-refractivity contribution < 1.29 is 14.3 Å². The highest BCUT2D eigenvalue weighted by molar-refractivity contribution is 5.81. The van der Waals surface area contributed by atoms with E-state index in [1.807, 2.05) is 19.1 Å². The molecule has 2 aliphatic rings. The summed E-state index contributed by atoms with van der Waals surface area (Å²) in [4.78, 5) is 14.9. The van der Waals surface area contributed by atoms with Gasteiger partial charge in [-0.2, -0.15) is 0 Å². The monoisotopic (exact) mass is 332 g/mol. The zero-order valence-corrected chi connectivity index (χ0v) is 14.7. The third-order valence-corrected chi connectivity index (χ3v) is 5.12. The quantitative estimate of drug-likeness (QED) is 0.921. The number of carbonyl (C=O) groups excluding carboxylic acids is 1. The Morgan fingerprint density at radius 3 is 2.88 bits per heavy atom. The van der Waals surface area contributed by atoms with Gasteiger partial charge in [0.2, 0.25) is 5.91 Å². The van der Waals surface area contributed by atoms with E-state index in [2.05, 4.69) is 16.3 Å². The number of ether oxygens (including phenoxy) is 2. The van der Waals surface area contributed by atoms with Gasteiger partial charge in [0.1, 0.15) is 0 Å². The second-order valence-corrected chi connectivity index (χ2v) is 6.79. The molecular weight excluding hydrogens is 304 g/mol. The van der Waals surface area contributed by atoms with Crippen LogP contribution in [0.4, 0.5) is 0 Å². The SMILES string of the molecule is COc1cccc2c1OCCCN([C@H](C)C(=O)NC1CCCC1)C2. The summed E-state index contributed by atoms with van der Waals surface area (Å²) in [6.45, 7) is 4.20. The lowest BCUT2D eigenvalue weighted by atomic mass is 10.1. The van der Waals surface area contributed by atoms with E-state index in [1.54, 1.807) is 7.11 Å². The maximum absolute atomic E-state index is 12.6. The van der Waals surface area contributed by atoms with Crippen LogP contribution in [0, 0.1) is 0 Å². The summed E-state index contributed by atoms with van der Waals surface area (Å²) in [5, 5.41) is 3.22. The third-order valence-electron chi connectivity index (χ3n) is 5.12. The van der Waals surface area contributed by atoms with E-state index < -0.39 is 0 Å². The first-order valence-corrected chi connectivity index (χ1v) is 9.02. The minimum Gasteiger partial charge on any atom is -0.493 e. The number of rotatable bonds is 4. The summed E-state index contributed by atoms with van der Waals surface area (Å²) < 4.78 is 11.3. The maximum Gasteiger partial charge on any atom is 0.237 e. The van der Waals surface area contributed by atoms with Crippen LogP contribution >= 0.6 is 0 Å². The Morgan fingerprint density at radius 2 is 2.12 bits per heavy atom. The second-order valence-electron chi connectivity index (χ2n) is 6.79. The largest absolute Gasteiger partial charge is 0.493 e. The van der Waals surface area contributed by atoms with Crippen LogP contribution in [0.2, 0.25) is 0 Å². The van der Waals surface area contributed by atoms with E-state index in [0.717, 1.165) is 42.9 Å². The maximum atomic E-state index is 12.6. The number of nitrogens with zero attached hydrogens (tertiary/aromatic N) is 1. The molecule has 24 heavy (non-hydrogen) atoms. The third kappa shape index (κ3) is 3.83. The minimum absolute atomic E-state index is 0.136. The first-order chi connectivity index (χ1) is 11.7. The van der Waals surface area contributed by atoms with Crippen molar-refractivity contribution in [1.29, 1.82) is 0 Å². The molecule has 1 heterocycles. The molecule has 1 aliphatic heterocycles. The highest BCUT2D eigenvalue weighted by atomic mass is 16.5. The molecule has 0 unspecified atom stereocenters. The van der Waals surface area contributed by atoms with Crippen molar-refractivity contribution in [2.75, 3.05) is 20.3 Å². The van der Waals surface area contributed by atoms with Gasteiger partial charge in [-0.1, -0.05) is 25.0 Å². The van der Waals surface area contributed by atoms with Gasteiger partial charge in [-0.3, -0.25) is 9.69 Å². The van der Waals surface area contributed by atoms with Gasteiger partial charge in [0.05, 0.1) is 19.8 Å². The summed E-state index contributed by atoms with van der Waals surface area (Å²) in [6.07, 6.45) is 5.60. The van der Waals surface area contributed by atoms with Crippen LogP contribution in [0.15, 0.2) is 18.2 Å². The fourth-order valence-electron chi connectivity index (χ4n) is 3.64. The van der Waals surface area contributed by atoms with Crippen molar-refractivity contribution in [3.63, 3.8) is 0 Å². The van der Waals surface area contributed by atoms with E-state index in [1.165, 1.54) is 12.8 Å². The van der Waals surface area contributed by atoms with Gasteiger partial charge in [0.25, 0.3) is 0 Å². The van der Waals surface area contributed by atoms with Crippen LogP contribution in [0.25, 0.3) is 0 Å². The Morgan fingerprint density at radius 1 is 1.33 bits per heavy atom. The van der Waals surface area contributed by atoms with Gasteiger partial charge in [-0.15, -0.1) is 0 Å². The zero-order valence-electron chi connectivity index (χ0n) is 14.7. The molecule has 0 radical (unpaired) electrons. The van der Waals surface area contributed by atoms with Crippen LogP contribution < -0.4 is 14.8 Å². The van der Waals surface area contributed by atoms with Gasteiger partial charge in [-0.25, -0.2) is 0 Å². The molecule has 0 saturated heterocycles. The highest BCUT2D eigenvalue weighted by Crippen LogP contribution is 2.33. The van der Waals surface area contributed by atoms with E-state index in [-0.39, 0.29) is 11.9 Å². The van der Waals surface area contributed by atoms with Crippen molar-refractivity contribution >= 4 is 5.91 Å². The number of hydrogen-bond donors (Lipinski definition) is 1. The van der Waals surface area contributed by atoms with Gasteiger partial charge in [0, 0.05) is 24.7 Å². The van der Waals surface area contributed by atoms with Gasteiger partial charge in [0.15, 0.2) is 11.5 Å². The number of nitrogens with one attached hydrogen (secondary N) is 1. The van der Waals surface area contributed by atoms with Crippen molar-refractivity contribution in [1.82, 2.24) is 10.2 Å². The van der Waals surface area contributed by atoms with Crippen LogP contribution in [0.3, 0.4) is 0 Å². The molecule has 1 atom stereocenters. The number of para-hydroxylation sites is 1. The average molecular weight is 332 g/mol. The lowest BCUT2D eigenvalue weighted by Crippen LogP contribution is -2.48. The van der Waals surface area contributed by atoms with E-state index in [4.69, 9.17) is 9.47 Å². The summed E-state index contributed by atoms with van der Waals surface area (Å²) in [6, 6.07) is 6.18. The lowest BCUT2D eigenvalue weighted by molar-refractivity contribution is -0.127. The molecule has 1 aliphatic carbocycles. The van der Waals surface area contributed by atoms with Crippen molar-refractivity contribution in [3.8, 4) is 11.5 Å². The lowest BCUT2D eigenvalue weighted by Gasteiger charge is -2.31. The van der Waals surface area contributed by atoms with Crippen LogP contribution in [0.1, 0.15) is 44.6 Å². The van der Waals surface area contributed by atoms with E-state index in [9.17, 15) is 4.79 Å². The Hall–Kier alpha value is -1.75. The Kier molecular flexibility index (Phi) is 5.61. The topological polar surface area (TPSA) is 50.8 Å².